The van der Waals surface area contributed by atoms with Crippen LogP contribution in [-0.4, -0.2) is 0 Å². The lowest BCUT2D eigenvalue weighted by Gasteiger charge is -2.23. The Morgan fingerprint density at radius 3 is 1.80 bits per heavy atom. The minimum atomic E-state index is -0.901. The van der Waals surface area contributed by atoms with Crippen LogP contribution >= 0.6 is 0 Å². The maximum Gasteiger partial charge on any atom is 0.167 e. The van der Waals surface area contributed by atoms with Crippen molar-refractivity contribution in [1.82, 2.24) is 0 Å². The van der Waals surface area contributed by atoms with Crippen LogP contribution in [0.4, 0.5) is 17.6 Å². The molecular formula is C40H48F4. The van der Waals surface area contributed by atoms with Crippen molar-refractivity contribution in [2.45, 2.75) is 110 Å². The van der Waals surface area contributed by atoms with Crippen molar-refractivity contribution in [2.24, 2.45) is 5.92 Å². The highest BCUT2D eigenvalue weighted by Crippen LogP contribution is 2.37. The number of halogens is 4. The summed E-state index contributed by atoms with van der Waals surface area (Å²) >= 11 is 0. The Hall–Kier alpha value is -3.14. The minimum absolute atomic E-state index is 0.141. The Balaban J connectivity index is 1.36. The second-order valence-electron chi connectivity index (χ2n) is 12.4. The fourth-order valence-electron chi connectivity index (χ4n) is 6.28. The Morgan fingerprint density at radius 2 is 1.18 bits per heavy atom. The third-order valence-electron chi connectivity index (χ3n) is 9.04. The molecule has 0 saturated carbocycles. The van der Waals surface area contributed by atoms with Gasteiger partial charge in [-0.3, -0.25) is 0 Å². The van der Waals surface area contributed by atoms with Crippen LogP contribution in [0.1, 0.15) is 115 Å². The highest BCUT2D eigenvalue weighted by Gasteiger charge is 2.21. The molecule has 0 saturated heterocycles. The van der Waals surface area contributed by atoms with E-state index >= 15 is 8.78 Å². The van der Waals surface area contributed by atoms with Gasteiger partial charge in [-0.25, -0.2) is 17.6 Å². The molecule has 1 unspecified atom stereocenters. The molecular weight excluding hydrogens is 556 g/mol. The van der Waals surface area contributed by atoms with Crippen LogP contribution in [0.5, 0.6) is 0 Å². The Labute approximate surface area is 262 Å². The van der Waals surface area contributed by atoms with Gasteiger partial charge in [-0.05, 0) is 60.3 Å². The van der Waals surface area contributed by atoms with Gasteiger partial charge in [0.1, 0.15) is 0 Å². The smallest absolute Gasteiger partial charge is 0.167 e. The van der Waals surface area contributed by atoms with E-state index in [1.54, 1.807) is 48.5 Å². The van der Waals surface area contributed by atoms with Gasteiger partial charge in [0, 0.05) is 16.7 Å². The molecule has 3 aromatic carbocycles. The normalized spacial score (nSPS) is 15.2. The van der Waals surface area contributed by atoms with E-state index in [-0.39, 0.29) is 11.1 Å². The fraction of sp³-hybridized carbons (Fsp3) is 0.450. The molecule has 236 valence electrons. The predicted molar refractivity (Wildman–Crippen MR) is 177 cm³/mol. The van der Waals surface area contributed by atoms with Crippen molar-refractivity contribution >= 4 is 5.57 Å². The van der Waals surface area contributed by atoms with E-state index in [0.29, 0.717) is 34.6 Å². The zero-order chi connectivity index (χ0) is 31.3. The number of unbranched alkanes of at least 4 members (excludes halogenated alkanes) is 8. The molecule has 0 heterocycles. The van der Waals surface area contributed by atoms with Gasteiger partial charge in [-0.1, -0.05) is 145 Å². The molecule has 0 N–H and O–H groups in total. The highest BCUT2D eigenvalue weighted by molar-refractivity contribution is 5.74. The van der Waals surface area contributed by atoms with Crippen LogP contribution in [0, 0.1) is 29.2 Å². The highest BCUT2D eigenvalue weighted by atomic mass is 19.2. The summed E-state index contributed by atoms with van der Waals surface area (Å²) in [6.45, 7) is 4.31. The van der Waals surface area contributed by atoms with Crippen LogP contribution in [0.2, 0.25) is 0 Å². The van der Waals surface area contributed by atoms with Gasteiger partial charge in [-0.15, -0.1) is 0 Å². The van der Waals surface area contributed by atoms with Gasteiger partial charge in [0.15, 0.2) is 23.3 Å². The number of hydrogen-bond acceptors (Lipinski definition) is 0. The number of allylic oxidation sites excluding steroid dienone is 4. The molecule has 0 aromatic heterocycles. The van der Waals surface area contributed by atoms with E-state index < -0.39 is 23.3 Å². The van der Waals surface area contributed by atoms with Crippen LogP contribution < -0.4 is 0 Å². The van der Waals surface area contributed by atoms with E-state index in [1.165, 1.54) is 57.8 Å². The summed E-state index contributed by atoms with van der Waals surface area (Å²) < 4.78 is 60.3. The first-order chi connectivity index (χ1) is 21.4. The zero-order valence-electron chi connectivity index (χ0n) is 26.5. The molecule has 4 rings (SSSR count). The van der Waals surface area contributed by atoms with Crippen molar-refractivity contribution in [3.05, 3.63) is 101 Å². The lowest BCUT2D eigenvalue weighted by molar-refractivity contribution is 0.421. The summed E-state index contributed by atoms with van der Waals surface area (Å²) in [7, 11) is 0. The molecule has 0 bridgehead atoms. The van der Waals surface area contributed by atoms with Crippen LogP contribution in [0.3, 0.4) is 0 Å². The van der Waals surface area contributed by atoms with E-state index in [2.05, 4.69) is 19.9 Å². The van der Waals surface area contributed by atoms with Crippen molar-refractivity contribution in [3.8, 4) is 22.3 Å². The SMILES string of the molecule is CCC/C=C\Cc1ccc(-c2ccc(-c3ccc(C4=CCC(CCCCCCCCCC)CC4)c(F)c3F)cc2)c(F)c1F. The van der Waals surface area contributed by atoms with Crippen molar-refractivity contribution < 1.29 is 17.6 Å². The minimum Gasteiger partial charge on any atom is -0.203 e. The first-order valence-corrected chi connectivity index (χ1v) is 16.8. The first-order valence-electron chi connectivity index (χ1n) is 16.8. The Bertz CT molecular complexity index is 1400. The standard InChI is InChI=1S/C40H48F4/c1-3-5-7-9-10-11-12-13-15-29-17-19-30(20-18-29)35-27-28-36(40(44)39(35)43)32-23-21-31(22-24-32)34-26-25-33(37(41)38(34)42)16-14-8-6-4-2/h8,14,19,21-29H,3-7,9-13,15-18,20H2,1-2H3/b14-8-. The third-order valence-corrected chi connectivity index (χ3v) is 9.04. The lowest BCUT2D eigenvalue weighted by Crippen LogP contribution is -2.07. The molecule has 3 aromatic rings. The molecule has 44 heavy (non-hydrogen) atoms. The molecule has 0 spiro atoms. The maximum atomic E-state index is 15.3. The van der Waals surface area contributed by atoms with Gasteiger partial charge < -0.3 is 0 Å². The topological polar surface area (TPSA) is 0 Å². The molecule has 0 nitrogen and oxygen atoms in total. The largest absolute Gasteiger partial charge is 0.203 e. The molecule has 1 aliphatic rings. The average Bonchev–Trinajstić information content (AvgIpc) is 3.04. The maximum absolute atomic E-state index is 15.3. The molecule has 1 aliphatic carbocycles. The fourth-order valence-corrected chi connectivity index (χ4v) is 6.28. The van der Waals surface area contributed by atoms with Crippen molar-refractivity contribution in [3.63, 3.8) is 0 Å². The number of hydrogen-bond donors (Lipinski definition) is 0. The van der Waals surface area contributed by atoms with Gasteiger partial charge >= 0.3 is 0 Å². The molecule has 0 amide bonds. The third kappa shape index (κ3) is 8.96. The summed E-state index contributed by atoms with van der Waals surface area (Å²) in [5.74, 6) is -2.83. The van der Waals surface area contributed by atoms with Gasteiger partial charge in [0.2, 0.25) is 0 Å². The van der Waals surface area contributed by atoms with Gasteiger partial charge in [0.25, 0.3) is 0 Å². The second kappa shape index (κ2) is 17.4. The zero-order valence-corrected chi connectivity index (χ0v) is 26.5. The summed E-state index contributed by atoms with van der Waals surface area (Å²) in [6, 6.07) is 13.0. The second-order valence-corrected chi connectivity index (χ2v) is 12.4. The Morgan fingerprint density at radius 1 is 0.614 bits per heavy atom. The first kappa shape index (κ1) is 33.7. The molecule has 0 fully saturated rings. The summed E-state index contributed by atoms with van der Waals surface area (Å²) in [6.07, 6.45) is 22.6. The summed E-state index contributed by atoms with van der Waals surface area (Å²) in [4.78, 5) is 0. The summed E-state index contributed by atoms with van der Waals surface area (Å²) in [5.41, 5.74) is 2.79. The lowest BCUT2D eigenvalue weighted by atomic mass is 9.83. The van der Waals surface area contributed by atoms with Gasteiger partial charge in [0.05, 0.1) is 0 Å². The van der Waals surface area contributed by atoms with Crippen LogP contribution in [0.15, 0.2) is 66.8 Å². The van der Waals surface area contributed by atoms with Crippen molar-refractivity contribution in [2.75, 3.05) is 0 Å². The Kier molecular flexibility index (Phi) is 13.3. The summed E-state index contributed by atoms with van der Waals surface area (Å²) in [5, 5.41) is 0. The van der Waals surface area contributed by atoms with E-state index in [9.17, 15) is 8.78 Å². The quantitative estimate of drug-likeness (QED) is 0.0867. The van der Waals surface area contributed by atoms with Gasteiger partial charge in [-0.2, -0.15) is 0 Å². The van der Waals surface area contributed by atoms with Crippen LogP contribution in [0.25, 0.3) is 27.8 Å². The molecule has 0 radical (unpaired) electrons. The number of rotatable bonds is 16. The van der Waals surface area contributed by atoms with Crippen molar-refractivity contribution in [1.29, 1.82) is 0 Å². The predicted octanol–water partition coefficient (Wildman–Crippen LogP) is 13.2. The molecule has 0 aliphatic heterocycles. The molecule has 1 atom stereocenters. The number of benzene rings is 3. The van der Waals surface area contributed by atoms with E-state index in [0.717, 1.165) is 37.7 Å². The van der Waals surface area contributed by atoms with Crippen LogP contribution in [-0.2, 0) is 6.42 Å². The van der Waals surface area contributed by atoms with E-state index in [4.69, 9.17) is 0 Å². The molecule has 4 heteroatoms. The average molecular weight is 605 g/mol. The van der Waals surface area contributed by atoms with E-state index in [1.807, 2.05) is 12.2 Å². The monoisotopic (exact) mass is 604 g/mol.